The topological polar surface area (TPSA) is 149 Å². The van der Waals surface area contributed by atoms with Gasteiger partial charge >= 0.3 is 18.2 Å². The lowest BCUT2D eigenvalue weighted by molar-refractivity contribution is -0.146. The van der Waals surface area contributed by atoms with E-state index in [1.807, 2.05) is 77.5 Å². The Bertz CT molecular complexity index is 2170. The van der Waals surface area contributed by atoms with E-state index in [4.69, 9.17) is 14.2 Å². The number of hydrogen-bond donors (Lipinski definition) is 2. The highest BCUT2D eigenvalue weighted by Crippen LogP contribution is 2.57. The lowest BCUT2D eigenvalue weighted by Gasteiger charge is -2.39. The highest BCUT2D eigenvalue weighted by molar-refractivity contribution is 5.99. The third-order valence-corrected chi connectivity index (χ3v) is 10.3. The molecule has 0 spiro atoms. The van der Waals surface area contributed by atoms with E-state index in [1.54, 1.807) is 53.7 Å². The predicted molar refractivity (Wildman–Crippen MR) is 204 cm³/mol. The zero-order chi connectivity index (χ0) is 39.4. The average molecular weight is 750 g/mol. The molecule has 2 N–H and O–H groups in total. The molecule has 288 valence electrons. The van der Waals surface area contributed by atoms with Crippen LogP contribution >= 0.6 is 0 Å². The highest BCUT2D eigenvalue weighted by Gasteiger charge is 2.67. The number of esters is 1. The first-order valence-corrected chi connectivity index (χ1v) is 18.5. The lowest BCUT2D eigenvalue weighted by atomic mass is 9.86. The molecule has 7 rings (SSSR count). The Morgan fingerprint density at radius 2 is 1.35 bits per heavy atom. The van der Waals surface area contributed by atoms with Crippen LogP contribution in [0.3, 0.4) is 0 Å². The summed E-state index contributed by atoms with van der Waals surface area (Å²) >= 11 is 0. The van der Waals surface area contributed by atoms with E-state index in [2.05, 4.69) is 10.6 Å². The first-order valence-electron chi connectivity index (χ1n) is 18.5. The summed E-state index contributed by atoms with van der Waals surface area (Å²) in [6.07, 6.45) is -0.253. The zero-order valence-corrected chi connectivity index (χ0v) is 32.1. The average Bonchev–Trinajstić information content (AvgIpc) is 3.75. The molecule has 5 atom stereocenters. The molecule has 2 saturated heterocycles. The summed E-state index contributed by atoms with van der Waals surface area (Å²) < 4.78 is 19.2. The number of piperazine rings is 1. The van der Waals surface area contributed by atoms with Crippen LogP contribution in [0.1, 0.15) is 64.7 Å². The molecule has 2 fully saturated rings. The smallest absolute Gasteiger partial charge is 0.416 e. The van der Waals surface area contributed by atoms with E-state index in [0.29, 0.717) is 17.7 Å². The van der Waals surface area contributed by atoms with Crippen molar-refractivity contribution in [1.82, 2.24) is 20.1 Å². The predicted octanol–water partition coefficient (Wildman–Crippen LogP) is 5.42. The molecular weight excluding hydrogens is 702 g/mol. The summed E-state index contributed by atoms with van der Waals surface area (Å²) in [6, 6.07) is 21.7. The molecule has 13 nitrogen and oxygen atoms in total. The number of methoxy groups -OCH3 is 1. The number of rotatable bonds is 6. The van der Waals surface area contributed by atoms with Crippen molar-refractivity contribution in [2.45, 2.75) is 102 Å². The van der Waals surface area contributed by atoms with E-state index < -0.39 is 59.2 Å². The number of likely N-dealkylation sites (tertiary alicyclic amines) is 1. The van der Waals surface area contributed by atoms with Gasteiger partial charge in [-0.1, -0.05) is 66.7 Å². The molecule has 3 aliphatic heterocycles. The first-order chi connectivity index (χ1) is 26.0. The molecule has 4 amide bonds. The molecule has 3 aliphatic rings. The van der Waals surface area contributed by atoms with E-state index in [-0.39, 0.29) is 24.7 Å². The number of benzene rings is 3. The summed E-state index contributed by atoms with van der Waals surface area (Å²) in [5.74, 6) is -1.26. The quantitative estimate of drug-likeness (QED) is 0.196. The van der Waals surface area contributed by atoms with Crippen LogP contribution in [0.4, 0.5) is 15.3 Å². The van der Waals surface area contributed by atoms with Crippen LogP contribution in [-0.4, -0.2) is 82.0 Å². The van der Waals surface area contributed by atoms with Crippen molar-refractivity contribution in [3.63, 3.8) is 0 Å². The van der Waals surface area contributed by atoms with Gasteiger partial charge in [0.05, 0.1) is 12.8 Å². The molecule has 4 heterocycles. The van der Waals surface area contributed by atoms with Gasteiger partial charge in [0.25, 0.3) is 0 Å². The van der Waals surface area contributed by atoms with Gasteiger partial charge in [0.15, 0.2) is 0 Å². The molecule has 55 heavy (non-hydrogen) atoms. The van der Waals surface area contributed by atoms with Crippen LogP contribution in [0.15, 0.2) is 85.1 Å². The number of fused-ring (bicyclic) bond motifs is 4. The monoisotopic (exact) mass is 749 g/mol. The Morgan fingerprint density at radius 1 is 0.764 bits per heavy atom. The molecule has 0 saturated carbocycles. The summed E-state index contributed by atoms with van der Waals surface area (Å²) in [6.45, 7) is 10.5. The molecular formula is C42H47N5O8. The fourth-order valence-corrected chi connectivity index (χ4v) is 8.18. The number of hydrogen-bond acceptors (Lipinski definition) is 8. The molecule has 3 aromatic carbocycles. The number of ether oxygens (including phenoxy) is 3. The van der Waals surface area contributed by atoms with Gasteiger partial charge in [-0.05, 0) is 64.8 Å². The molecule has 0 unspecified atom stereocenters. The third kappa shape index (κ3) is 6.76. The van der Waals surface area contributed by atoms with Crippen molar-refractivity contribution in [3.8, 4) is 0 Å². The van der Waals surface area contributed by atoms with Gasteiger partial charge < -0.3 is 29.4 Å². The number of carbonyl (C=O) groups is 5. The van der Waals surface area contributed by atoms with Gasteiger partial charge in [0.2, 0.25) is 11.8 Å². The summed E-state index contributed by atoms with van der Waals surface area (Å²) in [5.41, 5.74) is 0.451. The van der Waals surface area contributed by atoms with Crippen LogP contribution in [0, 0.1) is 0 Å². The van der Waals surface area contributed by atoms with Gasteiger partial charge in [0.1, 0.15) is 41.0 Å². The van der Waals surface area contributed by atoms with Crippen molar-refractivity contribution in [2.24, 2.45) is 0 Å². The number of anilines is 1. The number of nitrogens with zero attached hydrogens (tertiary/aromatic N) is 3. The first kappa shape index (κ1) is 37.5. The minimum atomic E-state index is -1.28. The normalized spacial score (nSPS) is 23.5. The SMILES string of the molecule is COC(=O)[C@@H]1C[C@]2(n3cc(C[C@@H]4NC(=O)[C@@H](Cc5ccccc5)NC4=O)c4ccccc43)c3ccccc3N(C(=O)OC(C)(C)C)[C@@H]2N1C(=O)OC(C)(C)C. The van der Waals surface area contributed by atoms with Crippen molar-refractivity contribution < 1.29 is 38.2 Å². The number of aromatic nitrogens is 1. The fourth-order valence-electron chi connectivity index (χ4n) is 8.18. The largest absolute Gasteiger partial charge is 0.467 e. The number of amides is 4. The van der Waals surface area contributed by atoms with Gasteiger partial charge in [0, 0.05) is 41.9 Å². The van der Waals surface area contributed by atoms with Crippen molar-refractivity contribution in [3.05, 3.63) is 102 Å². The van der Waals surface area contributed by atoms with Gasteiger partial charge in [-0.3, -0.25) is 19.4 Å². The van der Waals surface area contributed by atoms with E-state index >= 15 is 0 Å². The Morgan fingerprint density at radius 3 is 2.00 bits per heavy atom. The number of para-hydroxylation sites is 2. The number of nitrogens with one attached hydrogen (secondary N) is 2. The summed E-state index contributed by atoms with van der Waals surface area (Å²) in [4.78, 5) is 72.2. The molecule has 13 heteroatoms. The molecule has 0 radical (unpaired) electrons. The molecule has 0 bridgehead atoms. The zero-order valence-electron chi connectivity index (χ0n) is 32.1. The second-order valence-electron chi connectivity index (χ2n) is 16.4. The third-order valence-electron chi connectivity index (χ3n) is 10.3. The Kier molecular flexibility index (Phi) is 9.38. The second kappa shape index (κ2) is 13.8. The van der Waals surface area contributed by atoms with Gasteiger partial charge in [-0.25, -0.2) is 14.4 Å². The van der Waals surface area contributed by atoms with Gasteiger partial charge in [-0.2, -0.15) is 0 Å². The van der Waals surface area contributed by atoms with Crippen molar-refractivity contribution >= 4 is 46.6 Å². The fraction of sp³-hybridized carbons (Fsp3) is 0.405. The standard InChI is InChI=1S/C42H47N5O8/c1-40(2,3)54-38(51)46-32-20-14-12-18-28(32)42(23-33(36(50)53-7)47(37(42)46)39(52)55-41(4,5)6)45-24-26(27-17-11-13-19-31(27)45)22-30-35(49)43-29(34(48)44-30)21-25-15-9-8-10-16-25/h8-20,24,29-30,33,37H,21-23H2,1-7H3,(H,43,49)(H,44,48)/t29-,30+,33+,37-,42+/m1/s1. The Hall–Kier alpha value is -5.85. The van der Waals surface area contributed by atoms with Crippen LogP contribution in [0.2, 0.25) is 0 Å². The minimum absolute atomic E-state index is 0.0137. The maximum Gasteiger partial charge on any atom is 0.416 e. The molecule has 4 aromatic rings. The summed E-state index contributed by atoms with van der Waals surface area (Å²) in [5, 5.41) is 6.66. The van der Waals surface area contributed by atoms with E-state index in [1.165, 1.54) is 16.9 Å². The van der Waals surface area contributed by atoms with E-state index in [9.17, 15) is 24.0 Å². The summed E-state index contributed by atoms with van der Waals surface area (Å²) in [7, 11) is 1.26. The lowest BCUT2D eigenvalue weighted by Crippen LogP contribution is -2.62. The molecule has 0 aliphatic carbocycles. The maximum absolute atomic E-state index is 14.4. The Balaban J connectivity index is 1.36. The van der Waals surface area contributed by atoms with Crippen molar-refractivity contribution in [2.75, 3.05) is 12.0 Å². The minimum Gasteiger partial charge on any atom is -0.467 e. The maximum atomic E-state index is 14.4. The Labute approximate surface area is 319 Å². The number of carbonyl (C=O) groups excluding carboxylic acids is 5. The second-order valence-corrected chi connectivity index (χ2v) is 16.4. The van der Waals surface area contributed by atoms with Crippen LogP contribution in [0.25, 0.3) is 10.9 Å². The van der Waals surface area contributed by atoms with Crippen LogP contribution in [0.5, 0.6) is 0 Å². The van der Waals surface area contributed by atoms with Crippen LogP contribution in [-0.2, 0) is 47.0 Å². The van der Waals surface area contributed by atoms with Gasteiger partial charge in [-0.15, -0.1) is 0 Å². The van der Waals surface area contributed by atoms with E-state index in [0.717, 1.165) is 22.0 Å². The molecule has 1 aromatic heterocycles. The van der Waals surface area contributed by atoms with Crippen LogP contribution < -0.4 is 15.5 Å². The van der Waals surface area contributed by atoms with Crippen molar-refractivity contribution in [1.29, 1.82) is 0 Å². The highest BCUT2D eigenvalue weighted by atomic mass is 16.6.